The number of phenolic OH excluding ortho intramolecular Hbond substituents is 2. The van der Waals surface area contributed by atoms with Gasteiger partial charge in [-0.2, -0.15) is 0 Å². The van der Waals surface area contributed by atoms with E-state index in [0.29, 0.717) is 5.02 Å². The average Bonchev–Trinajstić information content (AvgIpc) is 2.51. The fraction of sp³-hybridized carbons (Fsp3) is 0.133. The number of rotatable bonds is 2. The summed E-state index contributed by atoms with van der Waals surface area (Å²) >= 11 is 5.88. The van der Waals surface area contributed by atoms with Crippen LogP contribution in [0.5, 0.6) is 23.0 Å². The van der Waals surface area contributed by atoms with Crippen LogP contribution in [0.25, 0.3) is 21.9 Å². The van der Waals surface area contributed by atoms with E-state index in [0.717, 1.165) is 0 Å². The zero-order valence-corrected chi connectivity index (χ0v) is 12.4. The molecule has 0 radical (unpaired) electrons. The van der Waals surface area contributed by atoms with Crippen molar-refractivity contribution in [3.63, 3.8) is 0 Å². The van der Waals surface area contributed by atoms with Crippen LogP contribution in [0.3, 0.4) is 0 Å². The Kier molecular flexibility index (Phi) is 3.26. The van der Waals surface area contributed by atoms with Crippen LogP contribution in [0.15, 0.2) is 27.4 Å². The van der Waals surface area contributed by atoms with Crippen molar-refractivity contribution in [3.8, 4) is 23.0 Å². The smallest absolute Gasteiger partial charge is 0.211 e. The maximum absolute atomic E-state index is 12.6. The van der Waals surface area contributed by atoms with Gasteiger partial charge in [0.25, 0.3) is 0 Å². The third-order valence-electron chi connectivity index (χ3n) is 3.35. The second-order valence-electron chi connectivity index (χ2n) is 4.54. The lowest BCUT2D eigenvalue weighted by Gasteiger charge is -2.13. The minimum absolute atomic E-state index is 0.121. The number of methoxy groups -OCH3 is 2. The molecule has 2 aromatic carbocycles. The highest BCUT2D eigenvalue weighted by Gasteiger charge is 2.25. The van der Waals surface area contributed by atoms with Gasteiger partial charge in [0.2, 0.25) is 22.7 Å². The molecule has 0 fully saturated rings. The van der Waals surface area contributed by atoms with Crippen LogP contribution in [0.1, 0.15) is 0 Å². The molecular weight excluding hydrogens is 312 g/mol. The Hall–Kier alpha value is -2.60. The number of ether oxygens (including phenoxy) is 2. The highest BCUT2D eigenvalue weighted by molar-refractivity contribution is 6.31. The van der Waals surface area contributed by atoms with Crippen LogP contribution in [-0.2, 0) is 0 Å². The maximum Gasteiger partial charge on any atom is 0.211 e. The molecule has 3 aromatic rings. The molecule has 1 heterocycles. The molecule has 0 saturated carbocycles. The van der Waals surface area contributed by atoms with Crippen LogP contribution < -0.4 is 14.9 Å². The van der Waals surface area contributed by atoms with Gasteiger partial charge in [0, 0.05) is 5.02 Å². The van der Waals surface area contributed by atoms with E-state index >= 15 is 0 Å². The maximum atomic E-state index is 12.6. The van der Waals surface area contributed by atoms with E-state index in [-0.39, 0.29) is 33.4 Å². The molecular formula is C15H11ClO6. The number of benzene rings is 2. The SMILES string of the molecule is COc1c(OC)c(O)c2c(=O)c3cc(Cl)ccc3oc2c1O. The van der Waals surface area contributed by atoms with E-state index in [1.165, 1.54) is 26.4 Å². The molecule has 3 rings (SSSR count). The summed E-state index contributed by atoms with van der Waals surface area (Å²) in [6.45, 7) is 0. The number of aromatic hydroxyl groups is 2. The molecule has 0 aliphatic heterocycles. The number of hydrogen-bond donors (Lipinski definition) is 2. The van der Waals surface area contributed by atoms with Crippen molar-refractivity contribution >= 4 is 33.5 Å². The molecule has 0 saturated heterocycles. The Labute approximate surface area is 129 Å². The molecule has 0 aliphatic rings. The molecule has 2 N–H and O–H groups in total. The van der Waals surface area contributed by atoms with E-state index in [9.17, 15) is 15.0 Å². The first-order chi connectivity index (χ1) is 10.5. The normalized spacial score (nSPS) is 11.0. The Morgan fingerprint density at radius 3 is 2.36 bits per heavy atom. The van der Waals surface area contributed by atoms with Gasteiger partial charge in [-0.05, 0) is 18.2 Å². The van der Waals surface area contributed by atoms with Crippen molar-refractivity contribution in [1.29, 1.82) is 0 Å². The van der Waals surface area contributed by atoms with E-state index in [1.807, 2.05) is 0 Å². The highest BCUT2D eigenvalue weighted by Crippen LogP contribution is 2.49. The topological polar surface area (TPSA) is 89.1 Å². The summed E-state index contributed by atoms with van der Waals surface area (Å²) in [4.78, 5) is 12.6. The van der Waals surface area contributed by atoms with Gasteiger partial charge in [-0.1, -0.05) is 11.6 Å². The summed E-state index contributed by atoms with van der Waals surface area (Å²) in [5, 5.41) is 20.9. The fourth-order valence-electron chi connectivity index (χ4n) is 2.36. The lowest BCUT2D eigenvalue weighted by atomic mass is 10.1. The van der Waals surface area contributed by atoms with Crippen molar-refractivity contribution < 1.29 is 24.1 Å². The lowest BCUT2D eigenvalue weighted by Crippen LogP contribution is -2.04. The number of halogens is 1. The van der Waals surface area contributed by atoms with Gasteiger partial charge in [0.1, 0.15) is 11.0 Å². The fourth-order valence-corrected chi connectivity index (χ4v) is 2.53. The molecule has 22 heavy (non-hydrogen) atoms. The summed E-state index contributed by atoms with van der Waals surface area (Å²) in [5.74, 6) is -1.17. The summed E-state index contributed by atoms with van der Waals surface area (Å²) in [7, 11) is 2.57. The first kappa shape index (κ1) is 14.3. The van der Waals surface area contributed by atoms with E-state index < -0.39 is 16.9 Å². The molecule has 0 unspecified atom stereocenters. The Morgan fingerprint density at radius 2 is 1.73 bits per heavy atom. The van der Waals surface area contributed by atoms with Gasteiger partial charge >= 0.3 is 0 Å². The summed E-state index contributed by atoms with van der Waals surface area (Å²) in [6, 6.07) is 4.48. The largest absolute Gasteiger partial charge is 0.504 e. The quantitative estimate of drug-likeness (QED) is 0.557. The first-order valence-corrected chi connectivity index (χ1v) is 6.59. The molecule has 0 atom stereocenters. The third kappa shape index (κ3) is 1.84. The number of hydrogen-bond acceptors (Lipinski definition) is 6. The molecule has 0 spiro atoms. The zero-order valence-electron chi connectivity index (χ0n) is 11.6. The molecule has 114 valence electrons. The van der Waals surface area contributed by atoms with Gasteiger partial charge in [0.15, 0.2) is 11.3 Å². The van der Waals surface area contributed by atoms with Gasteiger partial charge in [-0.15, -0.1) is 0 Å². The minimum atomic E-state index is -0.535. The molecule has 0 aliphatic carbocycles. The number of phenols is 2. The van der Waals surface area contributed by atoms with Gasteiger partial charge in [-0.25, -0.2) is 0 Å². The Morgan fingerprint density at radius 1 is 1.09 bits per heavy atom. The lowest BCUT2D eigenvalue weighted by molar-refractivity contribution is 0.318. The molecule has 7 heteroatoms. The highest BCUT2D eigenvalue weighted by atomic mass is 35.5. The molecule has 6 nitrogen and oxygen atoms in total. The van der Waals surface area contributed by atoms with Crippen LogP contribution >= 0.6 is 11.6 Å². The van der Waals surface area contributed by atoms with Crippen molar-refractivity contribution in [3.05, 3.63) is 33.4 Å². The monoisotopic (exact) mass is 322 g/mol. The Balaban J connectivity index is 2.62. The second-order valence-corrected chi connectivity index (χ2v) is 4.98. The number of fused-ring (bicyclic) bond motifs is 2. The van der Waals surface area contributed by atoms with Crippen LogP contribution in [-0.4, -0.2) is 24.4 Å². The van der Waals surface area contributed by atoms with Crippen LogP contribution in [0.4, 0.5) is 0 Å². The van der Waals surface area contributed by atoms with Gasteiger partial charge < -0.3 is 24.1 Å². The molecule has 0 bridgehead atoms. The zero-order chi connectivity index (χ0) is 16.0. The first-order valence-electron chi connectivity index (χ1n) is 6.21. The van der Waals surface area contributed by atoms with Gasteiger partial charge in [-0.3, -0.25) is 4.79 Å². The summed E-state index contributed by atoms with van der Waals surface area (Å²) in [6.07, 6.45) is 0. The van der Waals surface area contributed by atoms with Crippen molar-refractivity contribution in [2.24, 2.45) is 0 Å². The van der Waals surface area contributed by atoms with Crippen molar-refractivity contribution in [1.82, 2.24) is 0 Å². The molecule has 1 aromatic heterocycles. The standard InChI is InChI=1S/C15H11ClO6/c1-20-14-11(18)9-10(17)7-5-6(16)3-4-8(7)22-13(9)12(19)15(14)21-2/h3-5,18-19H,1-2H3. The van der Waals surface area contributed by atoms with Crippen molar-refractivity contribution in [2.75, 3.05) is 14.2 Å². The van der Waals surface area contributed by atoms with Crippen molar-refractivity contribution in [2.45, 2.75) is 0 Å². The van der Waals surface area contributed by atoms with Crippen LogP contribution in [0.2, 0.25) is 5.02 Å². The Bertz CT molecular complexity index is 960. The van der Waals surface area contributed by atoms with Gasteiger partial charge in [0.05, 0.1) is 19.6 Å². The van der Waals surface area contributed by atoms with E-state index in [1.54, 1.807) is 6.07 Å². The average molecular weight is 323 g/mol. The predicted molar refractivity (Wildman–Crippen MR) is 81.4 cm³/mol. The predicted octanol–water partition coefficient (Wildman–Crippen LogP) is 3.03. The summed E-state index contributed by atoms with van der Waals surface area (Å²) < 4.78 is 15.5. The minimum Gasteiger partial charge on any atom is -0.504 e. The summed E-state index contributed by atoms with van der Waals surface area (Å²) in [5.41, 5.74) is -0.494. The third-order valence-corrected chi connectivity index (χ3v) is 3.58. The van der Waals surface area contributed by atoms with Crippen LogP contribution in [0, 0.1) is 0 Å². The second kappa shape index (κ2) is 4.99. The molecule has 0 amide bonds. The van der Waals surface area contributed by atoms with E-state index in [4.69, 9.17) is 25.5 Å². The van der Waals surface area contributed by atoms with E-state index in [2.05, 4.69) is 0 Å².